The predicted molar refractivity (Wildman–Crippen MR) is 109 cm³/mol. The lowest BCUT2D eigenvalue weighted by Crippen LogP contribution is -2.04. The van der Waals surface area contributed by atoms with E-state index in [0.29, 0.717) is 11.4 Å². The summed E-state index contributed by atoms with van der Waals surface area (Å²) in [6.07, 6.45) is 10.2. The minimum absolute atomic E-state index is 0.234. The quantitative estimate of drug-likeness (QED) is 0.531. The Morgan fingerprint density at radius 3 is 2.57 bits per heavy atom. The van der Waals surface area contributed by atoms with E-state index in [4.69, 9.17) is 4.98 Å². The van der Waals surface area contributed by atoms with E-state index in [1.54, 1.807) is 24.4 Å². The zero-order valence-corrected chi connectivity index (χ0v) is 15.5. The van der Waals surface area contributed by atoms with Crippen LogP contribution in [0.5, 0.6) is 0 Å². The standard InChI is InChI=1S/C23H21N3O2/c27-23(28)18-10-11-20-19(14-18)25-21(22-24-12-13-26(20)22)17-8-6-16(7-9-17)15-4-2-1-3-5-15/h6-15H,1-5H2,(H,27,28). The van der Waals surface area contributed by atoms with Gasteiger partial charge in [-0.3, -0.25) is 4.40 Å². The molecule has 2 aromatic carbocycles. The van der Waals surface area contributed by atoms with Crippen molar-refractivity contribution in [2.45, 2.75) is 38.0 Å². The number of carboxylic acids is 1. The van der Waals surface area contributed by atoms with E-state index in [9.17, 15) is 9.90 Å². The molecule has 1 aliphatic rings. The van der Waals surface area contributed by atoms with Crippen LogP contribution in [0.15, 0.2) is 54.9 Å². The van der Waals surface area contributed by atoms with Crippen molar-refractivity contribution in [3.05, 3.63) is 66.0 Å². The Hall–Kier alpha value is -3.21. The molecule has 28 heavy (non-hydrogen) atoms. The average molecular weight is 371 g/mol. The van der Waals surface area contributed by atoms with Gasteiger partial charge in [0.25, 0.3) is 0 Å². The summed E-state index contributed by atoms with van der Waals surface area (Å²) in [4.78, 5) is 20.6. The number of fused-ring (bicyclic) bond motifs is 3. The minimum Gasteiger partial charge on any atom is -0.478 e. The van der Waals surface area contributed by atoms with E-state index in [0.717, 1.165) is 22.4 Å². The van der Waals surface area contributed by atoms with Crippen molar-refractivity contribution in [1.82, 2.24) is 14.4 Å². The third kappa shape index (κ3) is 2.83. The van der Waals surface area contributed by atoms with Gasteiger partial charge in [-0.2, -0.15) is 0 Å². The maximum atomic E-state index is 11.4. The van der Waals surface area contributed by atoms with Crippen LogP contribution in [0.1, 0.15) is 53.9 Å². The van der Waals surface area contributed by atoms with E-state index < -0.39 is 5.97 Å². The van der Waals surface area contributed by atoms with Crippen molar-refractivity contribution in [2.75, 3.05) is 0 Å². The highest BCUT2D eigenvalue weighted by Gasteiger charge is 2.17. The first kappa shape index (κ1) is 16.9. The van der Waals surface area contributed by atoms with Gasteiger partial charge >= 0.3 is 5.97 Å². The van der Waals surface area contributed by atoms with E-state index in [1.165, 1.54) is 37.7 Å². The van der Waals surface area contributed by atoms with Gasteiger partial charge in [0.05, 0.1) is 16.6 Å². The van der Waals surface area contributed by atoms with Gasteiger partial charge < -0.3 is 5.11 Å². The van der Waals surface area contributed by atoms with Crippen molar-refractivity contribution in [3.8, 4) is 11.3 Å². The molecule has 0 radical (unpaired) electrons. The molecule has 4 aromatic rings. The Bertz CT molecular complexity index is 1170. The molecule has 1 fully saturated rings. The van der Waals surface area contributed by atoms with Crippen molar-refractivity contribution in [2.24, 2.45) is 0 Å². The van der Waals surface area contributed by atoms with Gasteiger partial charge in [-0.25, -0.2) is 14.8 Å². The molecule has 0 aliphatic heterocycles. The molecule has 0 spiro atoms. The van der Waals surface area contributed by atoms with Crippen LogP contribution in [-0.4, -0.2) is 25.4 Å². The van der Waals surface area contributed by atoms with E-state index in [-0.39, 0.29) is 5.56 Å². The van der Waals surface area contributed by atoms with Crippen LogP contribution in [0.4, 0.5) is 0 Å². The number of carboxylic acid groups (broad SMARTS) is 1. The zero-order valence-electron chi connectivity index (χ0n) is 15.5. The molecule has 1 saturated carbocycles. The number of benzene rings is 2. The van der Waals surface area contributed by atoms with Gasteiger partial charge in [-0.15, -0.1) is 0 Å². The largest absolute Gasteiger partial charge is 0.478 e. The SMILES string of the molecule is O=C(O)c1ccc2c(c1)nc(-c1ccc(C3CCCCC3)cc1)c1nccn12. The molecule has 1 aliphatic carbocycles. The summed E-state index contributed by atoms with van der Waals surface area (Å²) < 4.78 is 1.97. The fraction of sp³-hybridized carbons (Fsp3) is 0.261. The summed E-state index contributed by atoms with van der Waals surface area (Å²) in [5.74, 6) is -0.287. The highest BCUT2D eigenvalue weighted by atomic mass is 16.4. The Balaban J connectivity index is 1.62. The summed E-state index contributed by atoms with van der Waals surface area (Å²) in [6, 6.07) is 13.7. The highest BCUT2D eigenvalue weighted by Crippen LogP contribution is 2.34. The normalized spacial score (nSPS) is 15.3. The Labute approximate surface area is 162 Å². The minimum atomic E-state index is -0.951. The van der Waals surface area contributed by atoms with Crippen LogP contribution in [0.3, 0.4) is 0 Å². The molecular formula is C23H21N3O2. The highest BCUT2D eigenvalue weighted by molar-refractivity contribution is 5.94. The molecule has 0 bridgehead atoms. The second kappa shape index (κ2) is 6.75. The van der Waals surface area contributed by atoms with Crippen LogP contribution in [0.25, 0.3) is 27.9 Å². The Kier molecular flexibility index (Phi) is 4.08. The zero-order chi connectivity index (χ0) is 19.1. The molecule has 0 atom stereocenters. The van der Waals surface area contributed by atoms with Crippen LogP contribution in [0, 0.1) is 0 Å². The maximum absolute atomic E-state index is 11.4. The Morgan fingerprint density at radius 1 is 1.04 bits per heavy atom. The topological polar surface area (TPSA) is 67.5 Å². The number of rotatable bonds is 3. The van der Waals surface area contributed by atoms with Gasteiger partial charge in [0, 0.05) is 18.0 Å². The van der Waals surface area contributed by atoms with E-state index in [2.05, 4.69) is 29.2 Å². The first-order valence-corrected chi connectivity index (χ1v) is 9.81. The molecule has 1 N–H and O–H groups in total. The molecule has 5 nitrogen and oxygen atoms in total. The monoisotopic (exact) mass is 371 g/mol. The molecule has 5 rings (SSSR count). The van der Waals surface area contributed by atoms with Crippen LogP contribution >= 0.6 is 0 Å². The summed E-state index contributed by atoms with van der Waals surface area (Å²) >= 11 is 0. The summed E-state index contributed by atoms with van der Waals surface area (Å²) in [7, 11) is 0. The predicted octanol–water partition coefficient (Wildman–Crippen LogP) is 5.30. The fourth-order valence-electron chi connectivity index (χ4n) is 4.34. The van der Waals surface area contributed by atoms with Gasteiger partial charge in [0.1, 0.15) is 5.69 Å². The second-order valence-corrected chi connectivity index (χ2v) is 7.55. The average Bonchev–Trinajstić information content (AvgIpc) is 3.24. The molecule has 0 amide bonds. The number of nitrogens with zero attached hydrogens (tertiary/aromatic N) is 3. The van der Waals surface area contributed by atoms with Crippen LogP contribution < -0.4 is 0 Å². The molecule has 140 valence electrons. The molecular weight excluding hydrogens is 350 g/mol. The number of imidazole rings is 1. The lowest BCUT2D eigenvalue weighted by molar-refractivity contribution is 0.0697. The number of carbonyl (C=O) groups is 1. The lowest BCUT2D eigenvalue weighted by Gasteiger charge is -2.22. The van der Waals surface area contributed by atoms with Crippen LogP contribution in [0.2, 0.25) is 0 Å². The first-order chi connectivity index (χ1) is 13.7. The fourth-order valence-corrected chi connectivity index (χ4v) is 4.34. The van der Waals surface area contributed by atoms with Crippen LogP contribution in [-0.2, 0) is 0 Å². The number of hydrogen-bond acceptors (Lipinski definition) is 3. The number of aromatic nitrogens is 3. The second-order valence-electron chi connectivity index (χ2n) is 7.55. The van der Waals surface area contributed by atoms with Gasteiger partial charge in [0.15, 0.2) is 5.65 Å². The molecule has 0 saturated heterocycles. The molecule has 2 heterocycles. The molecule has 5 heteroatoms. The summed E-state index contributed by atoms with van der Waals surface area (Å²) in [5, 5.41) is 9.31. The lowest BCUT2D eigenvalue weighted by atomic mass is 9.84. The van der Waals surface area contributed by atoms with Gasteiger partial charge in [-0.05, 0) is 42.5 Å². The van der Waals surface area contributed by atoms with Crippen molar-refractivity contribution in [1.29, 1.82) is 0 Å². The van der Waals surface area contributed by atoms with Gasteiger partial charge in [0.2, 0.25) is 0 Å². The van der Waals surface area contributed by atoms with Crippen molar-refractivity contribution in [3.63, 3.8) is 0 Å². The summed E-state index contributed by atoms with van der Waals surface area (Å²) in [6.45, 7) is 0. The van der Waals surface area contributed by atoms with E-state index >= 15 is 0 Å². The third-order valence-electron chi connectivity index (χ3n) is 5.83. The molecule has 2 aromatic heterocycles. The smallest absolute Gasteiger partial charge is 0.335 e. The third-order valence-corrected chi connectivity index (χ3v) is 5.83. The summed E-state index contributed by atoms with van der Waals surface area (Å²) in [5.41, 5.74) is 5.68. The van der Waals surface area contributed by atoms with Gasteiger partial charge in [-0.1, -0.05) is 43.5 Å². The maximum Gasteiger partial charge on any atom is 0.335 e. The first-order valence-electron chi connectivity index (χ1n) is 9.81. The Morgan fingerprint density at radius 2 is 1.82 bits per heavy atom. The van der Waals surface area contributed by atoms with E-state index in [1.807, 2.05) is 10.6 Å². The van der Waals surface area contributed by atoms with Crippen molar-refractivity contribution < 1.29 is 9.90 Å². The number of hydrogen-bond donors (Lipinski definition) is 1. The van der Waals surface area contributed by atoms with Crippen molar-refractivity contribution >= 4 is 22.6 Å². The number of aromatic carboxylic acids is 1. The molecule has 0 unspecified atom stereocenters.